The zero-order chi connectivity index (χ0) is 13.9. The van der Waals surface area contributed by atoms with Crippen molar-refractivity contribution in [1.82, 2.24) is 10.0 Å². The largest absolute Gasteiger partial charge is 0.398 e. The van der Waals surface area contributed by atoms with Gasteiger partial charge in [0, 0.05) is 12.6 Å². The van der Waals surface area contributed by atoms with Crippen molar-refractivity contribution >= 4 is 27.6 Å². The highest BCUT2D eigenvalue weighted by atomic mass is 32.2. The van der Waals surface area contributed by atoms with Crippen molar-refractivity contribution in [2.75, 3.05) is 12.8 Å². The van der Waals surface area contributed by atoms with Crippen LogP contribution in [-0.4, -0.2) is 27.4 Å². The fourth-order valence-corrected chi connectivity index (χ4v) is 2.25. The quantitative estimate of drug-likeness (QED) is 0.521. The lowest BCUT2D eigenvalue weighted by Crippen LogP contribution is -2.37. The van der Waals surface area contributed by atoms with Gasteiger partial charge in [-0.2, -0.15) is 0 Å². The van der Waals surface area contributed by atoms with E-state index in [0.717, 1.165) is 12.1 Å². The summed E-state index contributed by atoms with van der Waals surface area (Å²) in [6, 6.07) is 2.53. The molecular weight excluding hydrogens is 260 g/mol. The fourth-order valence-electron chi connectivity index (χ4n) is 1.17. The highest BCUT2D eigenvalue weighted by Crippen LogP contribution is 2.19. The van der Waals surface area contributed by atoms with E-state index in [2.05, 4.69) is 5.32 Å². The normalized spacial score (nSPS) is 10.7. The van der Waals surface area contributed by atoms with Gasteiger partial charge in [0.05, 0.1) is 5.69 Å². The fraction of sp³-hybridized carbons (Fsp3) is 0.111. The maximum Gasteiger partial charge on any atom is 0.328 e. The van der Waals surface area contributed by atoms with Crippen LogP contribution in [0.5, 0.6) is 0 Å². The average molecular weight is 272 g/mol. The Kier molecular flexibility index (Phi) is 3.76. The molecule has 0 radical (unpaired) electrons. The van der Waals surface area contributed by atoms with Crippen LogP contribution in [0.15, 0.2) is 23.1 Å². The van der Waals surface area contributed by atoms with E-state index in [1.165, 1.54) is 13.1 Å². The first-order valence-corrected chi connectivity index (χ1v) is 6.20. The minimum absolute atomic E-state index is 0.0754. The second-order valence-electron chi connectivity index (χ2n) is 3.30. The molecule has 0 aliphatic carbocycles. The molecule has 0 aromatic heterocycles. The molecule has 0 fully saturated rings. The number of rotatable bonds is 3. The molecule has 0 unspecified atom stereocenters. The summed E-state index contributed by atoms with van der Waals surface area (Å²) in [5, 5.41) is 2.10. The molecule has 1 aromatic rings. The van der Waals surface area contributed by atoms with E-state index in [9.17, 15) is 18.0 Å². The summed E-state index contributed by atoms with van der Waals surface area (Å²) in [4.78, 5) is 21.5. The summed E-state index contributed by atoms with van der Waals surface area (Å²) in [5.41, 5.74) is 10.4. The van der Waals surface area contributed by atoms with Gasteiger partial charge < -0.3 is 16.8 Å². The summed E-state index contributed by atoms with van der Waals surface area (Å²) < 4.78 is 25.2. The maximum atomic E-state index is 11.7. The molecule has 9 heteroatoms. The van der Waals surface area contributed by atoms with Gasteiger partial charge in [-0.25, -0.2) is 17.9 Å². The predicted octanol–water partition coefficient (Wildman–Crippen LogP) is -1.01. The highest BCUT2D eigenvalue weighted by molar-refractivity contribution is 7.90. The zero-order valence-corrected chi connectivity index (χ0v) is 10.2. The number of sulfonamides is 1. The van der Waals surface area contributed by atoms with Gasteiger partial charge in [-0.05, 0) is 18.2 Å². The topological polar surface area (TPSA) is 144 Å². The van der Waals surface area contributed by atoms with Crippen LogP contribution in [0.1, 0.15) is 10.4 Å². The van der Waals surface area contributed by atoms with Crippen LogP contribution in [0.4, 0.5) is 10.5 Å². The Bertz CT molecular complexity index is 597. The first kappa shape index (κ1) is 13.8. The van der Waals surface area contributed by atoms with Crippen molar-refractivity contribution in [1.29, 1.82) is 0 Å². The molecule has 0 saturated heterocycles. The number of hydrogen-bond donors (Lipinski definition) is 4. The smallest absolute Gasteiger partial charge is 0.328 e. The van der Waals surface area contributed by atoms with Crippen molar-refractivity contribution in [2.24, 2.45) is 5.73 Å². The minimum atomic E-state index is -4.08. The first-order chi connectivity index (χ1) is 8.27. The number of hydrogen-bond acceptors (Lipinski definition) is 5. The highest BCUT2D eigenvalue weighted by Gasteiger charge is 2.20. The summed E-state index contributed by atoms with van der Waals surface area (Å²) >= 11 is 0. The summed E-state index contributed by atoms with van der Waals surface area (Å²) in [6.07, 6.45) is 0. The van der Waals surface area contributed by atoms with Crippen molar-refractivity contribution in [3.05, 3.63) is 23.8 Å². The van der Waals surface area contributed by atoms with Gasteiger partial charge in [0.25, 0.3) is 10.0 Å². The molecule has 18 heavy (non-hydrogen) atoms. The van der Waals surface area contributed by atoms with Gasteiger partial charge in [-0.1, -0.05) is 0 Å². The van der Waals surface area contributed by atoms with Gasteiger partial charge >= 0.3 is 6.03 Å². The van der Waals surface area contributed by atoms with Crippen LogP contribution in [0.2, 0.25) is 0 Å². The Labute approximate surface area is 103 Å². The number of carbonyl (C=O) groups excluding carboxylic acids is 2. The third-order valence-electron chi connectivity index (χ3n) is 2.04. The lowest BCUT2D eigenvalue weighted by atomic mass is 10.2. The second-order valence-corrected chi connectivity index (χ2v) is 4.95. The number of nitrogens with one attached hydrogen (secondary N) is 2. The molecule has 0 saturated carbocycles. The molecule has 1 aromatic carbocycles. The number of nitrogens with two attached hydrogens (primary N) is 2. The summed E-state index contributed by atoms with van der Waals surface area (Å²) in [5.74, 6) is -0.732. The molecule has 98 valence electrons. The SMILES string of the molecule is CNC(=O)NS(=O)(=O)c1ccc(C(N)=O)cc1N. The van der Waals surface area contributed by atoms with Crippen LogP contribution < -0.4 is 21.5 Å². The molecular formula is C9H12N4O4S. The number of urea groups is 1. The zero-order valence-electron chi connectivity index (χ0n) is 9.43. The van der Waals surface area contributed by atoms with Gasteiger partial charge in [0.1, 0.15) is 4.90 Å². The second kappa shape index (κ2) is 4.92. The van der Waals surface area contributed by atoms with E-state index >= 15 is 0 Å². The van der Waals surface area contributed by atoms with E-state index < -0.39 is 22.0 Å². The minimum Gasteiger partial charge on any atom is -0.398 e. The number of benzene rings is 1. The monoisotopic (exact) mass is 272 g/mol. The van der Waals surface area contributed by atoms with Crippen LogP contribution in [-0.2, 0) is 10.0 Å². The molecule has 3 amide bonds. The average Bonchev–Trinajstić information content (AvgIpc) is 2.27. The Morgan fingerprint density at radius 2 is 1.89 bits per heavy atom. The number of carbonyl (C=O) groups is 2. The van der Waals surface area contributed by atoms with Gasteiger partial charge in [-0.15, -0.1) is 0 Å². The van der Waals surface area contributed by atoms with E-state index in [4.69, 9.17) is 11.5 Å². The number of nitrogen functional groups attached to an aromatic ring is 1. The predicted molar refractivity (Wildman–Crippen MR) is 64.1 cm³/mol. The Balaban J connectivity index is 3.18. The molecule has 1 rings (SSSR count). The molecule has 6 N–H and O–H groups in total. The molecule has 0 heterocycles. The van der Waals surface area contributed by atoms with E-state index in [-0.39, 0.29) is 16.1 Å². The van der Waals surface area contributed by atoms with Crippen LogP contribution >= 0.6 is 0 Å². The van der Waals surface area contributed by atoms with E-state index in [1.807, 2.05) is 0 Å². The standard InChI is InChI=1S/C9H12N4O4S/c1-12-9(15)13-18(16,17)7-3-2-5(8(11)14)4-6(7)10/h2-4H,10H2,1H3,(H2,11,14)(H2,12,13,15). The molecule has 0 spiro atoms. The van der Waals surface area contributed by atoms with Crippen LogP contribution in [0, 0.1) is 0 Å². The number of anilines is 1. The third-order valence-corrected chi connectivity index (χ3v) is 3.44. The molecule has 0 aliphatic rings. The summed E-state index contributed by atoms with van der Waals surface area (Å²) in [7, 11) is -2.82. The van der Waals surface area contributed by atoms with Crippen molar-refractivity contribution < 1.29 is 18.0 Å². The molecule has 0 atom stereocenters. The van der Waals surface area contributed by atoms with E-state index in [1.54, 1.807) is 4.72 Å². The molecule has 8 nitrogen and oxygen atoms in total. The Morgan fingerprint density at radius 1 is 1.28 bits per heavy atom. The number of primary amides is 1. The Morgan fingerprint density at radius 3 is 2.33 bits per heavy atom. The van der Waals surface area contributed by atoms with Gasteiger partial charge in [0.15, 0.2) is 0 Å². The summed E-state index contributed by atoms with van der Waals surface area (Å²) in [6.45, 7) is 0. The van der Waals surface area contributed by atoms with Gasteiger partial charge in [-0.3, -0.25) is 4.79 Å². The lowest BCUT2D eigenvalue weighted by molar-refractivity contribution is 0.1000. The first-order valence-electron chi connectivity index (χ1n) is 4.72. The van der Waals surface area contributed by atoms with E-state index in [0.29, 0.717) is 0 Å². The van der Waals surface area contributed by atoms with Gasteiger partial charge in [0.2, 0.25) is 5.91 Å². The molecule has 0 bridgehead atoms. The van der Waals surface area contributed by atoms with Crippen LogP contribution in [0.3, 0.4) is 0 Å². The Hall–Kier alpha value is -2.29. The van der Waals surface area contributed by atoms with Crippen molar-refractivity contribution in [2.45, 2.75) is 4.90 Å². The third kappa shape index (κ3) is 2.88. The number of amides is 3. The molecule has 0 aliphatic heterocycles. The van der Waals surface area contributed by atoms with Crippen molar-refractivity contribution in [3.8, 4) is 0 Å². The lowest BCUT2D eigenvalue weighted by Gasteiger charge is -2.09. The maximum absolute atomic E-state index is 11.7. The van der Waals surface area contributed by atoms with Crippen LogP contribution in [0.25, 0.3) is 0 Å². The van der Waals surface area contributed by atoms with Crippen molar-refractivity contribution in [3.63, 3.8) is 0 Å².